The van der Waals surface area contributed by atoms with Crippen molar-refractivity contribution < 1.29 is 21.2 Å². The molecule has 0 bridgehead atoms. The summed E-state index contributed by atoms with van der Waals surface area (Å²) in [5.74, 6) is -0.408. The van der Waals surface area contributed by atoms with Gasteiger partial charge in [-0.25, -0.2) is 21.2 Å². The molecule has 31 heavy (non-hydrogen) atoms. The van der Waals surface area contributed by atoms with E-state index in [1.807, 2.05) is 0 Å². The van der Waals surface area contributed by atoms with E-state index in [0.29, 0.717) is 28.4 Å². The summed E-state index contributed by atoms with van der Waals surface area (Å²) >= 11 is 6.73. The van der Waals surface area contributed by atoms with E-state index in [4.69, 9.17) is 11.6 Å². The van der Waals surface area contributed by atoms with Gasteiger partial charge in [-0.1, -0.05) is 11.6 Å². The van der Waals surface area contributed by atoms with Gasteiger partial charge in [0.2, 0.25) is 0 Å². The molecule has 0 saturated carbocycles. The second-order valence-electron chi connectivity index (χ2n) is 7.15. The summed E-state index contributed by atoms with van der Waals surface area (Å²) in [5, 5.41) is 0. The summed E-state index contributed by atoms with van der Waals surface area (Å²) in [6, 6.07) is 12.1. The Morgan fingerprint density at radius 3 is 2.42 bits per heavy atom. The van der Waals surface area contributed by atoms with Crippen molar-refractivity contribution in [3.8, 4) is 0 Å². The highest BCUT2D eigenvalue weighted by molar-refractivity contribution is 7.94. The number of aryl methyl sites for hydroxylation is 1. The molecule has 1 aliphatic heterocycles. The van der Waals surface area contributed by atoms with Crippen LogP contribution in [0.5, 0.6) is 0 Å². The number of benzene rings is 2. The van der Waals surface area contributed by atoms with Crippen molar-refractivity contribution in [1.82, 2.24) is 0 Å². The highest BCUT2D eigenvalue weighted by Gasteiger charge is 2.34. The van der Waals surface area contributed by atoms with Gasteiger partial charge in [0, 0.05) is 11.7 Å². The number of nitrogens with one attached hydrogen (secondary N) is 1. The van der Waals surface area contributed by atoms with E-state index in [0.717, 1.165) is 11.3 Å². The summed E-state index contributed by atoms with van der Waals surface area (Å²) < 4.78 is 69.3. The molecule has 0 spiro atoms. The van der Waals surface area contributed by atoms with Gasteiger partial charge < -0.3 is 0 Å². The maximum Gasteiger partial charge on any atom is 0.271 e. The monoisotopic (exact) mass is 500 g/mol. The van der Waals surface area contributed by atoms with Gasteiger partial charge in [-0.05, 0) is 79.9 Å². The van der Waals surface area contributed by atoms with Crippen LogP contribution in [0.15, 0.2) is 63.7 Å². The minimum atomic E-state index is -3.93. The predicted molar refractivity (Wildman–Crippen MR) is 120 cm³/mol. The van der Waals surface area contributed by atoms with E-state index >= 15 is 0 Å². The zero-order valence-electron chi connectivity index (χ0n) is 16.2. The zero-order valence-corrected chi connectivity index (χ0v) is 19.5. The molecule has 3 aromatic rings. The van der Waals surface area contributed by atoms with Gasteiger partial charge >= 0.3 is 0 Å². The molecule has 11 heteroatoms. The van der Waals surface area contributed by atoms with Crippen LogP contribution in [0.3, 0.4) is 0 Å². The molecule has 0 radical (unpaired) electrons. The van der Waals surface area contributed by atoms with Crippen LogP contribution in [0.1, 0.15) is 18.9 Å². The number of thiophene rings is 1. The van der Waals surface area contributed by atoms with Gasteiger partial charge in [0.05, 0.1) is 14.9 Å². The molecule has 2 heterocycles. The fourth-order valence-electron chi connectivity index (χ4n) is 3.51. The predicted octanol–water partition coefficient (Wildman–Crippen LogP) is 4.87. The van der Waals surface area contributed by atoms with Gasteiger partial charge in [-0.2, -0.15) is 0 Å². The molecule has 164 valence electrons. The minimum absolute atomic E-state index is 0.0126. The Morgan fingerprint density at radius 1 is 1.06 bits per heavy atom. The van der Waals surface area contributed by atoms with Crippen LogP contribution >= 0.6 is 22.9 Å². The number of hydrogen-bond donors (Lipinski definition) is 1. The molecule has 0 aliphatic carbocycles. The average molecular weight is 501 g/mol. The van der Waals surface area contributed by atoms with E-state index in [-0.39, 0.29) is 20.8 Å². The van der Waals surface area contributed by atoms with Gasteiger partial charge in [0.25, 0.3) is 20.0 Å². The summed E-state index contributed by atoms with van der Waals surface area (Å²) in [6.45, 7) is 1.80. The largest absolute Gasteiger partial charge is 0.279 e. The molecule has 0 unspecified atom stereocenters. The van der Waals surface area contributed by atoms with Gasteiger partial charge in [0.15, 0.2) is 0 Å². The fourth-order valence-corrected chi connectivity index (χ4v) is 7.78. The topological polar surface area (TPSA) is 83.6 Å². The smallest absolute Gasteiger partial charge is 0.271 e. The molecule has 2 aromatic carbocycles. The molecule has 6 nitrogen and oxygen atoms in total. The number of sulfonamides is 2. The van der Waals surface area contributed by atoms with Crippen molar-refractivity contribution in [2.75, 3.05) is 9.03 Å². The third kappa shape index (κ3) is 4.30. The molecule has 4 rings (SSSR count). The van der Waals surface area contributed by atoms with Crippen LogP contribution in [0.2, 0.25) is 4.34 Å². The first kappa shape index (κ1) is 22.1. The molecular formula is C20H18ClFN2O4S3. The van der Waals surface area contributed by atoms with Crippen molar-refractivity contribution in [1.29, 1.82) is 0 Å². The Bertz CT molecular complexity index is 1340. The zero-order chi connectivity index (χ0) is 22.4. The van der Waals surface area contributed by atoms with E-state index in [2.05, 4.69) is 4.72 Å². The van der Waals surface area contributed by atoms with Gasteiger partial charge in [0.1, 0.15) is 10.0 Å². The molecular weight excluding hydrogens is 483 g/mol. The lowest BCUT2D eigenvalue weighted by molar-refractivity contribution is 0.560. The Morgan fingerprint density at radius 2 is 1.77 bits per heavy atom. The normalized spacial score (nSPS) is 16.7. The SMILES string of the molecule is C[C@@H]1CCc2cc(F)ccc2N1S(=O)(=O)c1ccc(NS(=O)(=O)c2ccc(Cl)s2)cc1. The second kappa shape index (κ2) is 8.09. The summed E-state index contributed by atoms with van der Waals surface area (Å²) in [7, 11) is -7.75. The highest BCUT2D eigenvalue weighted by atomic mass is 35.5. The van der Waals surface area contributed by atoms with Crippen molar-refractivity contribution in [2.45, 2.75) is 34.9 Å². The number of halogens is 2. The Balaban J connectivity index is 1.63. The average Bonchev–Trinajstić information content (AvgIpc) is 3.15. The maximum absolute atomic E-state index is 13.6. The number of nitrogens with zero attached hydrogens (tertiary/aromatic N) is 1. The standard InChI is InChI=1S/C20H18ClFN2O4S3/c1-13-2-3-14-12-15(22)4-9-18(14)24(13)31(27,28)17-7-5-16(6-8-17)23-30(25,26)20-11-10-19(21)29-20/h4-13,23H,2-3H2,1H3/t13-/m1/s1. The van der Waals surface area contributed by atoms with Gasteiger partial charge in [-0.3, -0.25) is 9.03 Å². The first-order valence-corrected chi connectivity index (χ1v) is 13.4. The summed E-state index contributed by atoms with van der Waals surface area (Å²) in [5.41, 5.74) is 1.32. The van der Waals surface area contributed by atoms with E-state index < -0.39 is 25.9 Å². The number of fused-ring (bicyclic) bond motifs is 1. The first-order chi connectivity index (χ1) is 14.6. The molecule has 0 fully saturated rings. The molecule has 0 amide bonds. The lowest BCUT2D eigenvalue weighted by Gasteiger charge is -2.36. The van der Waals surface area contributed by atoms with Crippen LogP contribution in [0, 0.1) is 5.82 Å². The van der Waals surface area contributed by atoms with Crippen molar-refractivity contribution in [3.05, 3.63) is 70.3 Å². The quantitative estimate of drug-likeness (QED) is 0.541. The summed E-state index contributed by atoms with van der Waals surface area (Å²) in [6.07, 6.45) is 1.16. The molecule has 1 atom stereocenters. The number of rotatable bonds is 5. The van der Waals surface area contributed by atoms with Crippen LogP contribution in [-0.4, -0.2) is 22.9 Å². The van der Waals surface area contributed by atoms with Crippen molar-refractivity contribution in [2.24, 2.45) is 0 Å². The maximum atomic E-state index is 13.6. The van der Waals surface area contributed by atoms with Crippen molar-refractivity contribution >= 4 is 54.4 Å². The summed E-state index contributed by atoms with van der Waals surface area (Å²) in [4.78, 5) is 0.0126. The van der Waals surface area contributed by atoms with Crippen molar-refractivity contribution in [3.63, 3.8) is 0 Å². The molecule has 1 N–H and O–H groups in total. The molecule has 1 aliphatic rings. The Hall–Kier alpha value is -2.14. The number of anilines is 2. The second-order valence-corrected chi connectivity index (χ2v) is 12.6. The van der Waals surface area contributed by atoms with Crippen LogP contribution in [0.25, 0.3) is 0 Å². The highest BCUT2D eigenvalue weighted by Crippen LogP contribution is 2.36. The number of hydrogen-bond acceptors (Lipinski definition) is 5. The van der Waals surface area contributed by atoms with E-state index in [1.54, 1.807) is 6.92 Å². The van der Waals surface area contributed by atoms with Crippen LogP contribution in [-0.2, 0) is 26.5 Å². The van der Waals surface area contributed by atoms with E-state index in [9.17, 15) is 21.2 Å². The fraction of sp³-hybridized carbons (Fsp3) is 0.200. The lowest BCUT2D eigenvalue weighted by Crippen LogP contribution is -2.42. The van der Waals surface area contributed by atoms with Crippen LogP contribution in [0.4, 0.5) is 15.8 Å². The molecule has 0 saturated heterocycles. The van der Waals surface area contributed by atoms with E-state index in [1.165, 1.54) is 58.9 Å². The van der Waals surface area contributed by atoms with Crippen LogP contribution < -0.4 is 9.03 Å². The lowest BCUT2D eigenvalue weighted by atomic mass is 9.99. The Labute approximate surface area is 189 Å². The first-order valence-electron chi connectivity index (χ1n) is 9.29. The minimum Gasteiger partial charge on any atom is -0.279 e. The van der Waals surface area contributed by atoms with Gasteiger partial charge in [-0.15, -0.1) is 11.3 Å². The molecule has 1 aromatic heterocycles. The third-order valence-corrected chi connectivity index (χ3v) is 10.0. The third-order valence-electron chi connectivity index (χ3n) is 4.99. The Kier molecular flexibility index (Phi) is 5.76.